The van der Waals surface area contributed by atoms with Gasteiger partial charge in [0.25, 0.3) is 5.56 Å². The van der Waals surface area contributed by atoms with Gasteiger partial charge in [-0.15, -0.1) is 13.2 Å². The van der Waals surface area contributed by atoms with Gasteiger partial charge in [-0.1, -0.05) is 47.6 Å². The van der Waals surface area contributed by atoms with Gasteiger partial charge in [-0.05, 0) is 55.0 Å². The van der Waals surface area contributed by atoms with Crippen LogP contribution in [0.5, 0.6) is 5.75 Å². The van der Waals surface area contributed by atoms with Gasteiger partial charge in [0.05, 0.1) is 11.4 Å². The number of hydrogen-bond acceptors (Lipinski definition) is 5. The molecule has 5 aromatic rings. The van der Waals surface area contributed by atoms with E-state index < -0.39 is 17.7 Å². The standard InChI is InChI=1S/C26H18ClF3N4O3S/c1-14-6-7-15(12-19(14)27)31-21(35)13-38-25-33-22-18-4-2-3-5-20(18)32-23(22)24(36)34(25)16-8-10-17(11-9-16)37-26(28,29)30/h2-12,32H,13H2,1H3,(H,31,35). The topological polar surface area (TPSA) is 89.0 Å². The van der Waals surface area contributed by atoms with Gasteiger partial charge in [-0.3, -0.25) is 14.2 Å². The van der Waals surface area contributed by atoms with Crippen LogP contribution in [0.2, 0.25) is 5.02 Å². The second-order valence-electron chi connectivity index (χ2n) is 8.27. The van der Waals surface area contributed by atoms with Gasteiger partial charge in [-0.25, -0.2) is 4.98 Å². The largest absolute Gasteiger partial charge is 0.573 e. The quantitative estimate of drug-likeness (QED) is 0.184. The van der Waals surface area contributed by atoms with Gasteiger partial charge in [-0.2, -0.15) is 0 Å². The summed E-state index contributed by atoms with van der Waals surface area (Å²) >= 11 is 7.15. The Morgan fingerprint density at radius 1 is 1.13 bits per heavy atom. The zero-order chi connectivity index (χ0) is 27.0. The number of nitrogens with one attached hydrogen (secondary N) is 2. The van der Waals surface area contributed by atoms with Crippen LogP contribution >= 0.6 is 23.4 Å². The molecule has 0 atom stereocenters. The molecule has 0 fully saturated rings. The average Bonchev–Trinajstić information content (AvgIpc) is 3.24. The van der Waals surface area contributed by atoms with Crippen LogP contribution in [0.3, 0.4) is 0 Å². The van der Waals surface area contributed by atoms with Crippen molar-refractivity contribution in [2.45, 2.75) is 18.4 Å². The number of para-hydroxylation sites is 1. The van der Waals surface area contributed by atoms with Crippen molar-refractivity contribution >= 4 is 56.9 Å². The van der Waals surface area contributed by atoms with E-state index in [9.17, 15) is 22.8 Å². The van der Waals surface area contributed by atoms with Crippen molar-refractivity contribution in [2.75, 3.05) is 11.1 Å². The molecule has 2 N–H and O–H groups in total. The summed E-state index contributed by atoms with van der Waals surface area (Å²) in [6.45, 7) is 1.84. The number of aromatic amines is 1. The number of aromatic nitrogens is 3. The number of amides is 1. The minimum Gasteiger partial charge on any atom is -0.406 e. The van der Waals surface area contributed by atoms with Crippen molar-refractivity contribution in [3.05, 3.63) is 87.7 Å². The maximum Gasteiger partial charge on any atom is 0.573 e. The number of anilines is 1. The molecule has 38 heavy (non-hydrogen) atoms. The molecule has 3 aromatic carbocycles. The Morgan fingerprint density at radius 2 is 1.87 bits per heavy atom. The van der Waals surface area contributed by atoms with Crippen molar-refractivity contribution in [1.82, 2.24) is 14.5 Å². The minimum absolute atomic E-state index is 0.0962. The van der Waals surface area contributed by atoms with E-state index in [1.54, 1.807) is 24.3 Å². The van der Waals surface area contributed by atoms with E-state index in [2.05, 4.69) is 20.0 Å². The summed E-state index contributed by atoms with van der Waals surface area (Å²) < 4.78 is 43.0. The van der Waals surface area contributed by atoms with Gasteiger partial charge in [0.1, 0.15) is 16.8 Å². The number of aryl methyl sites for hydroxylation is 1. The maximum absolute atomic E-state index is 13.6. The first-order valence-electron chi connectivity index (χ1n) is 11.2. The Balaban J connectivity index is 1.52. The number of H-pyrrole nitrogens is 1. The number of benzene rings is 3. The van der Waals surface area contributed by atoms with Gasteiger partial charge in [0.2, 0.25) is 5.91 Å². The molecule has 2 aromatic heterocycles. The van der Waals surface area contributed by atoms with Crippen molar-refractivity contribution in [3.8, 4) is 11.4 Å². The highest BCUT2D eigenvalue weighted by molar-refractivity contribution is 7.99. The molecule has 0 aliphatic heterocycles. The molecule has 1 amide bonds. The first-order chi connectivity index (χ1) is 18.1. The van der Waals surface area contributed by atoms with Crippen LogP contribution < -0.4 is 15.6 Å². The number of nitrogens with zero attached hydrogens (tertiary/aromatic N) is 2. The molecule has 7 nitrogen and oxygen atoms in total. The predicted octanol–water partition coefficient (Wildman–Crippen LogP) is 6.46. The lowest BCUT2D eigenvalue weighted by atomic mass is 10.2. The summed E-state index contributed by atoms with van der Waals surface area (Å²) in [7, 11) is 0. The number of carbonyl (C=O) groups is 1. The third-order valence-electron chi connectivity index (χ3n) is 5.61. The number of carbonyl (C=O) groups excluding carboxylic acids is 1. The number of alkyl halides is 3. The summed E-state index contributed by atoms with van der Waals surface area (Å²) in [5, 5.41) is 4.18. The zero-order valence-corrected chi connectivity index (χ0v) is 21.2. The summed E-state index contributed by atoms with van der Waals surface area (Å²) in [4.78, 5) is 34.0. The maximum atomic E-state index is 13.6. The van der Waals surface area contributed by atoms with Crippen molar-refractivity contribution in [3.63, 3.8) is 0 Å². The fraction of sp³-hybridized carbons (Fsp3) is 0.115. The predicted molar refractivity (Wildman–Crippen MR) is 141 cm³/mol. The molecule has 2 heterocycles. The van der Waals surface area contributed by atoms with Crippen LogP contribution in [-0.2, 0) is 4.79 Å². The third-order valence-corrected chi connectivity index (χ3v) is 6.96. The lowest BCUT2D eigenvalue weighted by Crippen LogP contribution is -2.23. The molecule has 0 radical (unpaired) electrons. The highest BCUT2D eigenvalue weighted by Crippen LogP contribution is 2.28. The summed E-state index contributed by atoms with van der Waals surface area (Å²) in [6.07, 6.45) is -4.85. The van der Waals surface area contributed by atoms with Crippen LogP contribution in [0.1, 0.15) is 5.56 Å². The van der Waals surface area contributed by atoms with Crippen molar-refractivity contribution < 1.29 is 22.7 Å². The molecule has 0 bridgehead atoms. The normalized spacial score (nSPS) is 11.7. The van der Waals surface area contributed by atoms with Crippen LogP contribution in [-0.4, -0.2) is 32.6 Å². The lowest BCUT2D eigenvalue weighted by Gasteiger charge is -2.14. The number of hydrogen-bond donors (Lipinski definition) is 2. The smallest absolute Gasteiger partial charge is 0.406 e. The van der Waals surface area contributed by atoms with Gasteiger partial charge in [0.15, 0.2) is 5.16 Å². The highest BCUT2D eigenvalue weighted by atomic mass is 35.5. The Labute approximate surface area is 222 Å². The molecule has 0 spiro atoms. The van der Waals surface area contributed by atoms with Crippen molar-refractivity contribution in [1.29, 1.82) is 0 Å². The van der Waals surface area contributed by atoms with E-state index >= 15 is 0 Å². The Morgan fingerprint density at radius 3 is 2.58 bits per heavy atom. The molecule has 5 rings (SSSR count). The SMILES string of the molecule is Cc1ccc(NC(=O)CSc2nc3c([nH]c4ccccc43)c(=O)n2-c2ccc(OC(F)(F)F)cc2)cc1Cl. The van der Waals surface area contributed by atoms with Crippen LogP contribution in [0, 0.1) is 6.92 Å². The van der Waals surface area contributed by atoms with E-state index in [0.29, 0.717) is 21.7 Å². The summed E-state index contributed by atoms with van der Waals surface area (Å²) in [6, 6.07) is 17.2. The van der Waals surface area contributed by atoms with Crippen LogP contribution in [0.25, 0.3) is 27.6 Å². The monoisotopic (exact) mass is 558 g/mol. The molecule has 0 saturated heterocycles. The molecular formula is C26H18ClF3N4O3S. The Kier molecular flexibility index (Phi) is 6.80. The van der Waals surface area contributed by atoms with Crippen LogP contribution in [0.4, 0.5) is 18.9 Å². The lowest BCUT2D eigenvalue weighted by molar-refractivity contribution is -0.274. The molecule has 0 aliphatic carbocycles. The Bertz CT molecular complexity index is 1730. The van der Waals surface area contributed by atoms with Gasteiger partial charge < -0.3 is 15.0 Å². The molecule has 12 heteroatoms. The number of halogens is 4. The number of thioether (sulfide) groups is 1. The molecule has 0 aliphatic rings. The zero-order valence-electron chi connectivity index (χ0n) is 19.6. The van der Waals surface area contributed by atoms with E-state index in [1.807, 2.05) is 25.1 Å². The van der Waals surface area contributed by atoms with E-state index in [1.165, 1.54) is 16.7 Å². The second kappa shape index (κ2) is 10.1. The summed E-state index contributed by atoms with van der Waals surface area (Å²) in [5.74, 6) is -0.885. The van der Waals surface area contributed by atoms with Gasteiger partial charge in [0, 0.05) is 21.6 Å². The van der Waals surface area contributed by atoms with E-state index in [0.717, 1.165) is 34.8 Å². The van der Waals surface area contributed by atoms with Gasteiger partial charge >= 0.3 is 6.36 Å². The second-order valence-corrected chi connectivity index (χ2v) is 9.62. The number of fused-ring (bicyclic) bond motifs is 3. The van der Waals surface area contributed by atoms with E-state index in [4.69, 9.17) is 11.6 Å². The fourth-order valence-corrected chi connectivity index (χ4v) is 4.85. The average molecular weight is 559 g/mol. The highest BCUT2D eigenvalue weighted by Gasteiger charge is 2.31. The molecular weight excluding hydrogens is 541 g/mol. The fourth-order valence-electron chi connectivity index (χ4n) is 3.86. The number of ether oxygens (including phenoxy) is 1. The first kappa shape index (κ1) is 25.7. The molecule has 0 unspecified atom stereocenters. The minimum atomic E-state index is -4.85. The van der Waals surface area contributed by atoms with Crippen molar-refractivity contribution in [2.24, 2.45) is 0 Å². The van der Waals surface area contributed by atoms with E-state index in [-0.39, 0.29) is 28.0 Å². The third kappa shape index (κ3) is 5.34. The first-order valence-corrected chi connectivity index (χ1v) is 12.5. The van der Waals surface area contributed by atoms with Crippen LogP contribution in [0.15, 0.2) is 76.7 Å². The molecule has 194 valence electrons. The Hall–Kier alpha value is -3.96. The number of rotatable bonds is 6. The summed E-state index contributed by atoms with van der Waals surface area (Å²) in [5.41, 5.74) is 2.52. The molecule has 0 saturated carbocycles.